The van der Waals surface area contributed by atoms with Crippen molar-refractivity contribution in [1.29, 1.82) is 0 Å². The first-order chi connectivity index (χ1) is 12.1. The van der Waals surface area contributed by atoms with Crippen molar-refractivity contribution >= 4 is 6.03 Å². The first-order valence-electron chi connectivity index (χ1n) is 9.51. The minimum atomic E-state index is -0.129. The molecule has 2 rings (SSSR count). The van der Waals surface area contributed by atoms with E-state index in [1.54, 1.807) is 0 Å². The molecule has 1 aromatic rings. The molecule has 0 bridgehead atoms. The number of hydrogen-bond donors (Lipinski definition) is 3. The van der Waals surface area contributed by atoms with Crippen molar-refractivity contribution in [2.75, 3.05) is 32.8 Å². The fraction of sp³-hybridized carbons (Fsp3) is 0.650. The molecule has 0 radical (unpaired) electrons. The van der Waals surface area contributed by atoms with Crippen LogP contribution in [0.5, 0.6) is 0 Å². The Kier molecular flexibility index (Phi) is 8.22. The number of nitrogens with zero attached hydrogens (tertiary/aromatic N) is 1. The van der Waals surface area contributed by atoms with E-state index < -0.39 is 0 Å². The summed E-state index contributed by atoms with van der Waals surface area (Å²) < 4.78 is 0. The molecule has 5 heteroatoms. The molecule has 0 saturated carbocycles. The second-order valence-electron chi connectivity index (χ2n) is 7.30. The average Bonchev–Trinajstić information content (AvgIpc) is 2.63. The number of carbonyl (C=O) groups excluding carboxylic acids is 1. The maximum absolute atomic E-state index is 12.1. The molecule has 1 saturated heterocycles. The van der Waals surface area contributed by atoms with E-state index in [9.17, 15) is 9.90 Å². The molecule has 1 fully saturated rings. The number of urea groups is 1. The van der Waals surface area contributed by atoms with Crippen LogP contribution in [0.15, 0.2) is 30.3 Å². The van der Waals surface area contributed by atoms with Gasteiger partial charge in [-0.15, -0.1) is 0 Å². The summed E-state index contributed by atoms with van der Waals surface area (Å²) in [5, 5.41) is 15.2. The van der Waals surface area contributed by atoms with Crippen LogP contribution in [0.25, 0.3) is 0 Å². The molecular weight excluding hydrogens is 314 g/mol. The third kappa shape index (κ3) is 6.67. The topological polar surface area (TPSA) is 64.6 Å². The molecule has 5 nitrogen and oxygen atoms in total. The van der Waals surface area contributed by atoms with Crippen LogP contribution in [0.3, 0.4) is 0 Å². The van der Waals surface area contributed by atoms with Crippen LogP contribution in [-0.4, -0.2) is 54.9 Å². The van der Waals surface area contributed by atoms with Crippen LogP contribution >= 0.6 is 0 Å². The van der Waals surface area contributed by atoms with Crippen molar-refractivity contribution in [3.8, 4) is 0 Å². The summed E-state index contributed by atoms with van der Waals surface area (Å²) in [5.41, 5.74) is 1.15. The Morgan fingerprint density at radius 2 is 2.00 bits per heavy atom. The van der Waals surface area contributed by atoms with Crippen LogP contribution in [-0.2, 0) is 0 Å². The maximum atomic E-state index is 12.1. The number of rotatable bonds is 8. The lowest BCUT2D eigenvalue weighted by molar-refractivity contribution is 0.137. The second kappa shape index (κ2) is 10.4. The zero-order chi connectivity index (χ0) is 18.1. The highest BCUT2D eigenvalue weighted by Gasteiger charge is 2.21. The highest BCUT2D eigenvalue weighted by molar-refractivity contribution is 5.73. The number of benzene rings is 1. The van der Waals surface area contributed by atoms with Gasteiger partial charge < -0.3 is 15.7 Å². The quantitative estimate of drug-likeness (QED) is 0.677. The molecule has 3 atom stereocenters. The highest BCUT2D eigenvalue weighted by Crippen LogP contribution is 2.18. The van der Waals surface area contributed by atoms with Crippen molar-refractivity contribution in [2.24, 2.45) is 5.92 Å². The molecule has 1 aromatic carbocycles. The summed E-state index contributed by atoms with van der Waals surface area (Å²) in [4.78, 5) is 14.6. The van der Waals surface area contributed by atoms with Crippen LogP contribution < -0.4 is 10.6 Å². The summed E-state index contributed by atoms with van der Waals surface area (Å²) in [7, 11) is 0. The summed E-state index contributed by atoms with van der Waals surface area (Å²) >= 11 is 0. The molecule has 1 aliphatic rings. The van der Waals surface area contributed by atoms with Gasteiger partial charge in [0.05, 0.1) is 0 Å². The predicted molar refractivity (Wildman–Crippen MR) is 102 cm³/mol. The zero-order valence-electron chi connectivity index (χ0n) is 15.6. The third-order valence-corrected chi connectivity index (χ3v) is 5.13. The van der Waals surface area contributed by atoms with E-state index in [2.05, 4.69) is 29.4 Å². The molecule has 140 valence electrons. The number of amides is 2. The van der Waals surface area contributed by atoms with Gasteiger partial charge >= 0.3 is 6.03 Å². The fourth-order valence-electron chi connectivity index (χ4n) is 3.54. The number of aliphatic hydroxyl groups is 1. The summed E-state index contributed by atoms with van der Waals surface area (Å²) in [6.07, 6.45) is 3.20. The number of nitrogens with one attached hydrogen (secondary N) is 2. The van der Waals surface area contributed by atoms with E-state index in [-0.39, 0.29) is 18.6 Å². The van der Waals surface area contributed by atoms with Crippen molar-refractivity contribution in [3.63, 3.8) is 0 Å². The van der Waals surface area contributed by atoms with Crippen LogP contribution in [0, 0.1) is 5.92 Å². The minimum Gasteiger partial charge on any atom is -0.396 e. The van der Waals surface area contributed by atoms with Gasteiger partial charge in [-0.2, -0.15) is 0 Å². The molecule has 25 heavy (non-hydrogen) atoms. The second-order valence-corrected chi connectivity index (χ2v) is 7.30. The molecular formula is C20H33N3O2. The van der Waals surface area contributed by atoms with Gasteiger partial charge in [-0.3, -0.25) is 4.90 Å². The van der Waals surface area contributed by atoms with E-state index in [1.807, 2.05) is 30.3 Å². The SMILES string of the molecule is CC1CCCN(C(C)CNC(=O)NCC(CCO)c2ccccc2)C1. The third-order valence-electron chi connectivity index (χ3n) is 5.13. The number of likely N-dealkylation sites (tertiary alicyclic amines) is 1. The number of aliphatic hydroxyl groups excluding tert-OH is 1. The van der Waals surface area contributed by atoms with Gasteiger partial charge in [-0.1, -0.05) is 37.3 Å². The Hall–Kier alpha value is -1.59. The molecule has 0 spiro atoms. The zero-order valence-corrected chi connectivity index (χ0v) is 15.6. The Morgan fingerprint density at radius 1 is 1.28 bits per heavy atom. The lowest BCUT2D eigenvalue weighted by Crippen LogP contribution is -2.48. The van der Waals surface area contributed by atoms with E-state index in [0.29, 0.717) is 25.6 Å². The molecule has 1 aliphatic heterocycles. The fourth-order valence-corrected chi connectivity index (χ4v) is 3.54. The highest BCUT2D eigenvalue weighted by atomic mass is 16.3. The van der Waals surface area contributed by atoms with E-state index >= 15 is 0 Å². The molecule has 0 aromatic heterocycles. The molecule has 2 amide bonds. The predicted octanol–water partition coefficient (Wildman–Crippen LogP) is 2.57. The lowest BCUT2D eigenvalue weighted by Gasteiger charge is -2.35. The van der Waals surface area contributed by atoms with E-state index in [4.69, 9.17) is 0 Å². The van der Waals surface area contributed by atoms with Crippen LogP contribution in [0.1, 0.15) is 44.6 Å². The Labute approximate surface area is 151 Å². The molecule has 0 aliphatic carbocycles. The van der Waals surface area contributed by atoms with Crippen LogP contribution in [0.4, 0.5) is 4.79 Å². The lowest BCUT2D eigenvalue weighted by atomic mass is 9.96. The average molecular weight is 348 g/mol. The van der Waals surface area contributed by atoms with Crippen molar-refractivity contribution in [1.82, 2.24) is 15.5 Å². The van der Waals surface area contributed by atoms with Crippen LogP contribution in [0.2, 0.25) is 0 Å². The van der Waals surface area contributed by atoms with Crippen molar-refractivity contribution in [3.05, 3.63) is 35.9 Å². The minimum absolute atomic E-state index is 0.118. The summed E-state index contributed by atoms with van der Waals surface area (Å²) in [6.45, 7) is 8.03. The summed E-state index contributed by atoms with van der Waals surface area (Å²) in [6, 6.07) is 10.3. The van der Waals surface area contributed by atoms with Gasteiger partial charge in [-0.05, 0) is 44.2 Å². The van der Waals surface area contributed by atoms with Gasteiger partial charge in [0.2, 0.25) is 0 Å². The van der Waals surface area contributed by atoms with E-state index in [0.717, 1.165) is 24.6 Å². The first kappa shape index (κ1) is 19.7. The van der Waals surface area contributed by atoms with E-state index in [1.165, 1.54) is 12.8 Å². The Bertz CT molecular complexity index is 509. The monoisotopic (exact) mass is 347 g/mol. The number of carbonyl (C=O) groups is 1. The van der Waals surface area contributed by atoms with Crippen molar-refractivity contribution in [2.45, 2.75) is 45.1 Å². The Morgan fingerprint density at radius 3 is 2.68 bits per heavy atom. The Balaban J connectivity index is 1.73. The van der Waals surface area contributed by atoms with Gasteiger partial charge in [0.1, 0.15) is 0 Å². The van der Waals surface area contributed by atoms with Crippen molar-refractivity contribution < 1.29 is 9.90 Å². The van der Waals surface area contributed by atoms with Gasteiger partial charge in [0.15, 0.2) is 0 Å². The number of hydrogen-bond acceptors (Lipinski definition) is 3. The number of piperidine rings is 1. The molecule has 3 unspecified atom stereocenters. The largest absolute Gasteiger partial charge is 0.396 e. The molecule has 1 heterocycles. The first-order valence-corrected chi connectivity index (χ1v) is 9.51. The maximum Gasteiger partial charge on any atom is 0.314 e. The summed E-state index contributed by atoms with van der Waals surface area (Å²) in [5.74, 6) is 0.882. The van der Waals surface area contributed by atoms with Gasteiger partial charge in [0.25, 0.3) is 0 Å². The van der Waals surface area contributed by atoms with Gasteiger partial charge in [-0.25, -0.2) is 4.79 Å². The standard InChI is InChI=1S/C20H33N3O2/c1-16-7-6-11-23(15-16)17(2)13-21-20(25)22-14-19(10-12-24)18-8-4-3-5-9-18/h3-5,8-9,16-17,19,24H,6-7,10-15H2,1-2H3,(H2,21,22,25). The molecule has 3 N–H and O–H groups in total. The van der Waals surface area contributed by atoms with Gasteiger partial charge in [0, 0.05) is 38.2 Å². The smallest absolute Gasteiger partial charge is 0.314 e. The normalized spacial score (nSPS) is 20.7.